The fraction of sp³-hybridized carbons (Fsp3) is 0.400. The maximum atomic E-state index is 12.2. The van der Waals surface area contributed by atoms with Crippen LogP contribution in [0.2, 0.25) is 0 Å². The van der Waals surface area contributed by atoms with Gasteiger partial charge in [0.2, 0.25) is 5.54 Å². The zero-order valence-corrected chi connectivity index (χ0v) is 12.3. The highest BCUT2D eigenvalue weighted by molar-refractivity contribution is 6.22. The third-order valence-corrected chi connectivity index (χ3v) is 3.51. The quantitative estimate of drug-likeness (QED) is 0.481. The van der Waals surface area contributed by atoms with Crippen LogP contribution in [0.1, 0.15) is 25.8 Å². The maximum Gasteiger partial charge on any atom is 0.368 e. The minimum atomic E-state index is -1.05. The molecule has 5 nitrogen and oxygen atoms in total. The van der Waals surface area contributed by atoms with Crippen LogP contribution in [0.5, 0.6) is 0 Å². The molecule has 0 spiro atoms. The molecule has 1 aliphatic rings. The van der Waals surface area contributed by atoms with Gasteiger partial charge in [0.05, 0.1) is 5.84 Å². The molecule has 0 bridgehead atoms. The van der Waals surface area contributed by atoms with Crippen molar-refractivity contribution in [3.8, 4) is 0 Å². The number of carbonyl (C=O) groups is 1. The standard InChI is InChI=1S/C15H19N3O2/c1-5-15(16-11(2)18(3)4)13(17-20-14(15)19)12-9-7-6-8-10-12/h6-10H,5H2,1-4H3. The second-order valence-electron chi connectivity index (χ2n) is 4.95. The molecule has 1 aromatic carbocycles. The fourth-order valence-electron chi connectivity index (χ4n) is 2.09. The molecule has 2 rings (SSSR count). The predicted octanol–water partition coefficient (Wildman–Crippen LogP) is 2.08. The van der Waals surface area contributed by atoms with Gasteiger partial charge in [0.25, 0.3) is 0 Å². The first-order chi connectivity index (χ1) is 9.51. The number of benzene rings is 1. The summed E-state index contributed by atoms with van der Waals surface area (Å²) in [6.07, 6.45) is 0.505. The van der Waals surface area contributed by atoms with Crippen LogP contribution in [0, 0.1) is 0 Å². The van der Waals surface area contributed by atoms with Crippen molar-refractivity contribution in [3.05, 3.63) is 35.9 Å². The Kier molecular flexibility index (Phi) is 3.88. The SMILES string of the molecule is CCC1(N=C(C)N(C)C)C(=O)ON=C1c1ccccc1. The van der Waals surface area contributed by atoms with E-state index in [0.717, 1.165) is 11.4 Å². The molecular weight excluding hydrogens is 254 g/mol. The third kappa shape index (κ3) is 2.31. The van der Waals surface area contributed by atoms with E-state index in [1.165, 1.54) is 0 Å². The number of rotatable bonds is 3. The van der Waals surface area contributed by atoms with Gasteiger partial charge in [0.15, 0.2) is 0 Å². The molecule has 5 heteroatoms. The van der Waals surface area contributed by atoms with Gasteiger partial charge >= 0.3 is 5.97 Å². The summed E-state index contributed by atoms with van der Waals surface area (Å²) in [6.45, 7) is 3.78. The van der Waals surface area contributed by atoms with E-state index in [1.54, 1.807) is 0 Å². The molecule has 0 saturated heterocycles. The van der Waals surface area contributed by atoms with E-state index >= 15 is 0 Å². The lowest BCUT2D eigenvalue weighted by Gasteiger charge is -2.23. The van der Waals surface area contributed by atoms with Gasteiger partial charge in [-0.2, -0.15) is 0 Å². The van der Waals surface area contributed by atoms with Gasteiger partial charge in [0.1, 0.15) is 5.71 Å². The van der Waals surface area contributed by atoms with E-state index in [1.807, 2.05) is 63.2 Å². The minimum Gasteiger partial charge on any atom is -0.367 e. The Hall–Kier alpha value is -2.17. The van der Waals surface area contributed by atoms with E-state index in [9.17, 15) is 4.79 Å². The van der Waals surface area contributed by atoms with Crippen LogP contribution < -0.4 is 0 Å². The maximum absolute atomic E-state index is 12.2. The Bertz CT molecular complexity index is 564. The summed E-state index contributed by atoms with van der Waals surface area (Å²) in [4.78, 5) is 23.6. The van der Waals surface area contributed by atoms with Crippen LogP contribution in [0.4, 0.5) is 0 Å². The molecule has 20 heavy (non-hydrogen) atoms. The van der Waals surface area contributed by atoms with Gasteiger partial charge in [0, 0.05) is 19.7 Å². The molecule has 0 radical (unpaired) electrons. The lowest BCUT2D eigenvalue weighted by molar-refractivity contribution is -0.144. The van der Waals surface area contributed by atoms with Crippen LogP contribution in [-0.4, -0.2) is 42.1 Å². The molecule has 106 valence electrons. The molecule has 1 aliphatic heterocycles. The average Bonchev–Trinajstić information content (AvgIpc) is 2.77. The molecule has 1 atom stereocenters. The molecule has 1 unspecified atom stereocenters. The lowest BCUT2D eigenvalue weighted by atomic mass is 9.87. The number of oxime groups is 1. The summed E-state index contributed by atoms with van der Waals surface area (Å²) in [5, 5.41) is 3.97. The first-order valence-corrected chi connectivity index (χ1v) is 6.60. The highest BCUT2D eigenvalue weighted by atomic mass is 16.7. The van der Waals surface area contributed by atoms with E-state index in [2.05, 4.69) is 10.1 Å². The van der Waals surface area contributed by atoms with E-state index in [4.69, 9.17) is 4.84 Å². The summed E-state index contributed by atoms with van der Waals surface area (Å²) in [6, 6.07) is 9.55. The third-order valence-electron chi connectivity index (χ3n) is 3.51. The molecule has 0 aliphatic carbocycles. The van der Waals surface area contributed by atoms with Gasteiger partial charge in [-0.15, -0.1) is 0 Å². The van der Waals surface area contributed by atoms with Gasteiger partial charge < -0.3 is 9.74 Å². The molecule has 1 heterocycles. The Morgan fingerprint density at radius 1 is 1.35 bits per heavy atom. The monoisotopic (exact) mass is 273 g/mol. The number of amidine groups is 1. The van der Waals surface area contributed by atoms with Gasteiger partial charge in [-0.1, -0.05) is 42.4 Å². The first-order valence-electron chi connectivity index (χ1n) is 6.60. The molecule has 1 aromatic rings. The zero-order chi connectivity index (χ0) is 14.8. The molecule has 0 fully saturated rings. The van der Waals surface area contributed by atoms with E-state index in [-0.39, 0.29) is 0 Å². The second kappa shape index (κ2) is 5.45. The fourth-order valence-corrected chi connectivity index (χ4v) is 2.09. The Morgan fingerprint density at radius 3 is 2.55 bits per heavy atom. The summed E-state index contributed by atoms with van der Waals surface area (Å²) in [7, 11) is 3.78. The second-order valence-corrected chi connectivity index (χ2v) is 4.95. The van der Waals surface area contributed by atoms with Crippen LogP contribution in [0.3, 0.4) is 0 Å². The van der Waals surface area contributed by atoms with Crippen LogP contribution in [0.15, 0.2) is 40.5 Å². The van der Waals surface area contributed by atoms with Crippen LogP contribution in [0.25, 0.3) is 0 Å². The normalized spacial score (nSPS) is 22.5. The lowest BCUT2D eigenvalue weighted by Crippen LogP contribution is -2.43. The van der Waals surface area contributed by atoms with Crippen molar-refractivity contribution in [1.82, 2.24) is 4.90 Å². The molecular formula is C15H19N3O2. The predicted molar refractivity (Wildman–Crippen MR) is 78.9 cm³/mol. The topological polar surface area (TPSA) is 54.3 Å². The van der Waals surface area contributed by atoms with Crippen molar-refractivity contribution >= 4 is 17.5 Å². The highest BCUT2D eigenvalue weighted by Crippen LogP contribution is 2.30. The van der Waals surface area contributed by atoms with Crippen molar-refractivity contribution in [3.63, 3.8) is 0 Å². The first kappa shape index (κ1) is 14.2. The zero-order valence-electron chi connectivity index (χ0n) is 12.3. The van der Waals surface area contributed by atoms with Gasteiger partial charge in [-0.05, 0) is 13.3 Å². The summed E-state index contributed by atoms with van der Waals surface area (Å²) >= 11 is 0. The van der Waals surface area contributed by atoms with Crippen molar-refractivity contribution in [1.29, 1.82) is 0 Å². The van der Waals surface area contributed by atoms with Crippen LogP contribution >= 0.6 is 0 Å². The number of hydrogen-bond donors (Lipinski definition) is 0. The van der Waals surface area contributed by atoms with E-state index < -0.39 is 11.5 Å². The summed E-state index contributed by atoms with van der Waals surface area (Å²) < 4.78 is 0. The largest absolute Gasteiger partial charge is 0.368 e. The number of nitrogens with zero attached hydrogens (tertiary/aromatic N) is 3. The van der Waals surface area contributed by atoms with Gasteiger partial charge in [-0.3, -0.25) is 0 Å². The number of hydrogen-bond acceptors (Lipinski definition) is 4. The highest BCUT2D eigenvalue weighted by Gasteiger charge is 2.49. The average molecular weight is 273 g/mol. The Balaban J connectivity index is 2.52. The van der Waals surface area contributed by atoms with E-state index in [0.29, 0.717) is 12.1 Å². The van der Waals surface area contributed by atoms with Crippen molar-refractivity contribution in [2.24, 2.45) is 10.1 Å². The Labute approximate surface area is 118 Å². The van der Waals surface area contributed by atoms with Gasteiger partial charge in [-0.25, -0.2) is 9.79 Å². The minimum absolute atomic E-state index is 0.417. The molecule has 0 saturated carbocycles. The van der Waals surface area contributed by atoms with Crippen molar-refractivity contribution in [2.45, 2.75) is 25.8 Å². The molecule has 0 N–H and O–H groups in total. The van der Waals surface area contributed by atoms with Crippen molar-refractivity contribution < 1.29 is 9.63 Å². The summed E-state index contributed by atoms with van der Waals surface area (Å²) in [5.41, 5.74) is 0.387. The molecule has 0 amide bonds. The molecule has 0 aromatic heterocycles. The number of carbonyl (C=O) groups excluding carboxylic acids is 1. The smallest absolute Gasteiger partial charge is 0.367 e. The number of aliphatic imine (C=N–C) groups is 1. The Morgan fingerprint density at radius 2 is 2.00 bits per heavy atom. The van der Waals surface area contributed by atoms with Crippen molar-refractivity contribution in [2.75, 3.05) is 14.1 Å². The summed E-state index contributed by atoms with van der Waals surface area (Å²) in [5.74, 6) is 0.342. The van der Waals surface area contributed by atoms with Crippen LogP contribution in [-0.2, 0) is 9.63 Å².